The van der Waals surface area contributed by atoms with Crippen molar-refractivity contribution in [2.24, 2.45) is 0 Å². The summed E-state index contributed by atoms with van der Waals surface area (Å²) < 4.78 is 6.58. The van der Waals surface area contributed by atoms with Crippen molar-refractivity contribution in [2.75, 3.05) is 6.61 Å². The van der Waals surface area contributed by atoms with Gasteiger partial charge in [-0.05, 0) is 40.9 Å². The molecule has 0 aliphatic carbocycles. The van der Waals surface area contributed by atoms with E-state index in [-0.39, 0.29) is 0 Å². The van der Waals surface area contributed by atoms with Crippen molar-refractivity contribution < 1.29 is 4.74 Å². The summed E-state index contributed by atoms with van der Waals surface area (Å²) in [5.41, 5.74) is 1.16. The first-order valence-electron chi connectivity index (χ1n) is 5.49. The lowest BCUT2D eigenvalue weighted by Gasteiger charge is -2.07. The fraction of sp³-hybridized carbons (Fsp3) is 0.583. The zero-order chi connectivity index (χ0) is 11.1. The Kier molecular flexibility index (Phi) is 5.69. The highest BCUT2D eigenvalue weighted by Crippen LogP contribution is 2.25. The van der Waals surface area contributed by atoms with Crippen LogP contribution < -0.4 is 4.74 Å². The zero-order valence-electron chi connectivity index (χ0n) is 9.42. The first-order chi connectivity index (χ1) is 7.25. The molecule has 0 amide bonds. The molecule has 1 aromatic rings. The highest BCUT2D eigenvalue weighted by Gasteiger charge is 2.04. The van der Waals surface area contributed by atoms with Gasteiger partial charge in [-0.1, -0.05) is 26.2 Å². The van der Waals surface area contributed by atoms with Crippen molar-refractivity contribution in [3.8, 4) is 5.88 Å². The average molecular weight is 272 g/mol. The van der Waals surface area contributed by atoms with E-state index in [2.05, 4.69) is 27.8 Å². The van der Waals surface area contributed by atoms with Gasteiger partial charge >= 0.3 is 0 Å². The van der Waals surface area contributed by atoms with Crippen molar-refractivity contribution >= 4 is 15.9 Å². The van der Waals surface area contributed by atoms with Crippen LogP contribution in [0, 0.1) is 6.92 Å². The molecule has 0 unspecified atom stereocenters. The monoisotopic (exact) mass is 271 g/mol. The number of nitrogens with zero attached hydrogens (tertiary/aromatic N) is 1. The second kappa shape index (κ2) is 6.83. The molecule has 0 radical (unpaired) electrons. The van der Waals surface area contributed by atoms with Gasteiger partial charge in [0.1, 0.15) is 0 Å². The number of aryl methyl sites for hydroxylation is 1. The van der Waals surface area contributed by atoms with Crippen molar-refractivity contribution in [2.45, 2.75) is 39.5 Å². The van der Waals surface area contributed by atoms with Crippen LogP contribution in [0.4, 0.5) is 0 Å². The molecule has 1 aromatic heterocycles. The van der Waals surface area contributed by atoms with Gasteiger partial charge in [0.25, 0.3) is 0 Å². The largest absolute Gasteiger partial charge is 0.477 e. The van der Waals surface area contributed by atoms with E-state index >= 15 is 0 Å². The topological polar surface area (TPSA) is 22.1 Å². The van der Waals surface area contributed by atoms with E-state index in [0.717, 1.165) is 23.1 Å². The molecule has 0 aliphatic rings. The molecular weight excluding hydrogens is 254 g/mol. The van der Waals surface area contributed by atoms with Crippen LogP contribution in [0.2, 0.25) is 0 Å². The number of hydrogen-bond acceptors (Lipinski definition) is 2. The van der Waals surface area contributed by atoms with E-state index in [9.17, 15) is 0 Å². The summed E-state index contributed by atoms with van der Waals surface area (Å²) in [6.45, 7) is 5.00. The second-order valence-corrected chi connectivity index (χ2v) is 4.45. The minimum atomic E-state index is 0.714. The zero-order valence-corrected chi connectivity index (χ0v) is 11.0. The van der Waals surface area contributed by atoms with Crippen molar-refractivity contribution in [3.05, 3.63) is 22.3 Å². The Morgan fingerprint density at radius 1 is 1.33 bits per heavy atom. The van der Waals surface area contributed by atoms with Crippen LogP contribution >= 0.6 is 15.9 Å². The van der Waals surface area contributed by atoms with Gasteiger partial charge in [-0.3, -0.25) is 0 Å². The standard InChI is InChI=1S/C12H18BrNO/c1-3-4-5-6-9-15-12-11(13)10(2)7-8-14-12/h7-8H,3-6,9H2,1-2H3. The molecule has 15 heavy (non-hydrogen) atoms. The molecule has 0 bridgehead atoms. The highest BCUT2D eigenvalue weighted by molar-refractivity contribution is 9.10. The molecule has 0 saturated carbocycles. The lowest BCUT2D eigenvalue weighted by atomic mass is 10.2. The molecule has 0 saturated heterocycles. The molecule has 0 fully saturated rings. The number of hydrogen-bond donors (Lipinski definition) is 0. The van der Waals surface area contributed by atoms with E-state index in [4.69, 9.17) is 4.74 Å². The summed E-state index contributed by atoms with van der Waals surface area (Å²) in [4.78, 5) is 4.19. The number of ether oxygens (including phenoxy) is 1. The second-order valence-electron chi connectivity index (χ2n) is 3.66. The Labute approximate surface area is 100 Å². The number of aromatic nitrogens is 1. The summed E-state index contributed by atoms with van der Waals surface area (Å²) in [5.74, 6) is 0.714. The molecule has 2 nitrogen and oxygen atoms in total. The van der Waals surface area contributed by atoms with Gasteiger partial charge in [-0.2, -0.15) is 0 Å². The van der Waals surface area contributed by atoms with Crippen LogP contribution in [0.25, 0.3) is 0 Å². The minimum Gasteiger partial charge on any atom is -0.477 e. The summed E-state index contributed by atoms with van der Waals surface area (Å²) in [6.07, 6.45) is 6.66. The van der Waals surface area contributed by atoms with E-state index in [1.165, 1.54) is 19.3 Å². The van der Waals surface area contributed by atoms with E-state index < -0.39 is 0 Å². The van der Waals surface area contributed by atoms with Crippen LogP contribution in [0.5, 0.6) is 5.88 Å². The molecule has 0 atom stereocenters. The number of pyridine rings is 1. The van der Waals surface area contributed by atoms with Crippen LogP contribution in [0.15, 0.2) is 16.7 Å². The predicted molar refractivity (Wildman–Crippen MR) is 66.3 cm³/mol. The Morgan fingerprint density at radius 3 is 2.87 bits per heavy atom. The van der Waals surface area contributed by atoms with Gasteiger partial charge < -0.3 is 4.74 Å². The van der Waals surface area contributed by atoms with Gasteiger partial charge in [-0.25, -0.2) is 4.98 Å². The summed E-state index contributed by atoms with van der Waals surface area (Å²) in [6, 6.07) is 1.97. The Morgan fingerprint density at radius 2 is 2.13 bits per heavy atom. The maximum atomic E-state index is 5.61. The van der Waals surface area contributed by atoms with Crippen LogP contribution in [0.3, 0.4) is 0 Å². The summed E-state index contributed by atoms with van der Waals surface area (Å²) >= 11 is 3.48. The smallest absolute Gasteiger partial charge is 0.228 e. The molecule has 0 N–H and O–H groups in total. The number of halogens is 1. The quantitative estimate of drug-likeness (QED) is 0.727. The molecule has 3 heteroatoms. The Bertz CT molecular complexity index is 302. The molecular formula is C12H18BrNO. The summed E-state index contributed by atoms with van der Waals surface area (Å²) in [5, 5.41) is 0. The maximum absolute atomic E-state index is 5.61. The van der Waals surface area contributed by atoms with Crippen molar-refractivity contribution in [3.63, 3.8) is 0 Å². The molecule has 1 heterocycles. The molecule has 84 valence electrons. The lowest BCUT2D eigenvalue weighted by Crippen LogP contribution is -2.00. The normalized spacial score (nSPS) is 10.3. The van der Waals surface area contributed by atoms with E-state index in [1.54, 1.807) is 6.20 Å². The van der Waals surface area contributed by atoms with Gasteiger partial charge in [-0.15, -0.1) is 0 Å². The first kappa shape index (κ1) is 12.5. The Hall–Kier alpha value is -0.570. The third-order valence-corrected chi connectivity index (χ3v) is 3.25. The molecule has 0 aromatic carbocycles. The first-order valence-corrected chi connectivity index (χ1v) is 6.29. The SMILES string of the molecule is CCCCCCOc1nccc(C)c1Br. The lowest BCUT2D eigenvalue weighted by molar-refractivity contribution is 0.291. The molecule has 1 rings (SSSR count). The third-order valence-electron chi connectivity index (χ3n) is 2.29. The summed E-state index contributed by atoms with van der Waals surface area (Å²) in [7, 11) is 0. The van der Waals surface area contributed by atoms with Gasteiger partial charge in [0, 0.05) is 6.20 Å². The molecule has 0 aliphatic heterocycles. The number of rotatable bonds is 6. The third kappa shape index (κ3) is 4.20. The van der Waals surface area contributed by atoms with Gasteiger partial charge in [0.2, 0.25) is 5.88 Å². The van der Waals surface area contributed by atoms with Gasteiger partial charge in [0.05, 0.1) is 11.1 Å². The predicted octanol–water partition coefficient (Wildman–Crippen LogP) is 4.11. The van der Waals surface area contributed by atoms with Crippen LogP contribution in [0.1, 0.15) is 38.2 Å². The van der Waals surface area contributed by atoms with E-state index in [0.29, 0.717) is 5.88 Å². The molecule has 0 spiro atoms. The Balaban J connectivity index is 2.34. The van der Waals surface area contributed by atoms with Crippen molar-refractivity contribution in [1.29, 1.82) is 0 Å². The highest BCUT2D eigenvalue weighted by atomic mass is 79.9. The fourth-order valence-electron chi connectivity index (χ4n) is 1.31. The van der Waals surface area contributed by atoms with Crippen molar-refractivity contribution in [1.82, 2.24) is 4.98 Å². The minimum absolute atomic E-state index is 0.714. The maximum Gasteiger partial charge on any atom is 0.228 e. The van der Waals surface area contributed by atoms with Crippen LogP contribution in [-0.2, 0) is 0 Å². The van der Waals surface area contributed by atoms with E-state index in [1.807, 2.05) is 13.0 Å². The number of unbranched alkanes of at least 4 members (excludes halogenated alkanes) is 3. The fourth-order valence-corrected chi connectivity index (χ4v) is 1.66. The van der Waals surface area contributed by atoms with Gasteiger partial charge in [0.15, 0.2) is 0 Å². The average Bonchev–Trinajstić information content (AvgIpc) is 2.24. The van der Waals surface area contributed by atoms with Crippen LogP contribution in [-0.4, -0.2) is 11.6 Å².